The molecule has 0 aliphatic rings. The van der Waals surface area contributed by atoms with Crippen molar-refractivity contribution < 1.29 is 62.2 Å². The Balaban J connectivity index is 0.000000728. The van der Waals surface area contributed by atoms with E-state index >= 15 is 0 Å². The molecule has 24 heavy (non-hydrogen) atoms. The van der Waals surface area contributed by atoms with Crippen molar-refractivity contribution in [2.45, 2.75) is 23.6 Å². The first kappa shape index (κ1) is 22.4. The Morgan fingerprint density at radius 2 is 1.21 bits per heavy atom. The van der Waals surface area contributed by atoms with Crippen LogP contribution in [0.2, 0.25) is 0 Å². The molecule has 0 saturated carbocycles. The fraction of sp³-hybridized carbons (Fsp3) is 0.444. The molecule has 0 spiro atoms. The number of halogens is 9. The van der Waals surface area contributed by atoms with E-state index in [2.05, 4.69) is 4.98 Å². The van der Waals surface area contributed by atoms with Gasteiger partial charge >= 0.3 is 23.6 Å². The molecule has 0 aliphatic heterocycles. The van der Waals surface area contributed by atoms with Gasteiger partial charge in [-0.25, -0.2) is 18.1 Å². The van der Waals surface area contributed by atoms with E-state index in [1.807, 2.05) is 30.6 Å². The largest absolute Gasteiger partial charge is 0.743 e. The van der Waals surface area contributed by atoms with Crippen LogP contribution in [0.15, 0.2) is 30.6 Å². The predicted octanol–water partition coefficient (Wildman–Crippen LogP) is 2.39. The summed E-state index contributed by atoms with van der Waals surface area (Å²) in [5.41, 5.74) is 0. The molecule has 1 aromatic heterocycles. The van der Waals surface area contributed by atoms with Crippen LogP contribution in [0.3, 0.4) is 0 Å². The summed E-state index contributed by atoms with van der Waals surface area (Å²) < 4.78 is 137. The average molecular weight is 395 g/mol. The van der Waals surface area contributed by atoms with E-state index in [4.69, 9.17) is 0 Å². The molecule has 1 rings (SSSR count). The van der Waals surface area contributed by atoms with Crippen molar-refractivity contribution in [2.75, 3.05) is 0 Å². The summed E-state index contributed by atoms with van der Waals surface area (Å²) in [5.74, 6) is 0. The van der Waals surface area contributed by atoms with Crippen molar-refractivity contribution >= 4 is 10.1 Å². The highest BCUT2D eigenvalue weighted by Gasteiger charge is 2.72. The van der Waals surface area contributed by atoms with Crippen molar-refractivity contribution in [1.82, 2.24) is 0 Å². The molecule has 0 amide bonds. The average Bonchev–Trinajstić information content (AvgIpc) is 2.37. The van der Waals surface area contributed by atoms with Crippen LogP contribution < -0.4 is 4.98 Å². The molecular formula is C9H6F9NO4S. The second-order valence-corrected chi connectivity index (χ2v) is 5.10. The van der Waals surface area contributed by atoms with Crippen molar-refractivity contribution in [3.05, 3.63) is 30.6 Å². The summed E-state index contributed by atoms with van der Waals surface area (Å²) in [6.07, 6.45) is -16.7. The molecule has 0 atom stereocenters. The predicted molar refractivity (Wildman–Crippen MR) is 54.7 cm³/mol. The number of nitrogens with one attached hydrogen (secondary N) is 1. The lowest BCUT2D eigenvalue weighted by molar-refractivity contribution is -0.476. The summed E-state index contributed by atoms with van der Waals surface area (Å²) in [6.45, 7) is 0. The zero-order chi connectivity index (χ0) is 19.4. The van der Waals surface area contributed by atoms with Crippen LogP contribution in [-0.2, 0) is 14.9 Å². The van der Waals surface area contributed by atoms with Crippen molar-refractivity contribution in [1.29, 1.82) is 0 Å². The minimum Gasteiger partial charge on any atom is -0.743 e. The van der Waals surface area contributed by atoms with E-state index in [1.165, 1.54) is 4.74 Å². The summed E-state index contributed by atoms with van der Waals surface area (Å²) in [4.78, 5) is 2.89. The third-order valence-corrected chi connectivity index (χ3v) is 2.71. The first-order valence-electron chi connectivity index (χ1n) is 5.22. The monoisotopic (exact) mass is 395 g/mol. The molecule has 1 N–H and O–H groups in total. The van der Waals surface area contributed by atoms with Gasteiger partial charge in [-0.1, -0.05) is 6.07 Å². The lowest BCUT2D eigenvalue weighted by atomic mass is 10.5. The molecule has 0 saturated heterocycles. The van der Waals surface area contributed by atoms with Crippen LogP contribution in [0.4, 0.5) is 39.5 Å². The van der Waals surface area contributed by atoms with Crippen LogP contribution in [0.1, 0.15) is 0 Å². The number of aromatic nitrogens is 1. The molecule has 1 aromatic rings. The Bertz CT molecular complexity index is 591. The quantitative estimate of drug-likeness (QED) is 0.579. The third-order valence-electron chi connectivity index (χ3n) is 1.85. The summed E-state index contributed by atoms with van der Waals surface area (Å²) in [5, 5.41) is -6.81. The number of ether oxygens (including phenoxy) is 1. The van der Waals surface area contributed by atoms with Crippen LogP contribution in [0.5, 0.6) is 0 Å². The van der Waals surface area contributed by atoms with Gasteiger partial charge in [-0.3, -0.25) is 0 Å². The normalized spacial score (nSPS) is 13.9. The van der Waals surface area contributed by atoms with E-state index in [9.17, 15) is 52.5 Å². The van der Waals surface area contributed by atoms with E-state index in [0.717, 1.165) is 0 Å². The van der Waals surface area contributed by atoms with Gasteiger partial charge in [-0.2, -0.15) is 39.5 Å². The molecule has 0 radical (unpaired) electrons. The number of alkyl halides is 9. The highest BCUT2D eigenvalue weighted by molar-refractivity contribution is 7.86. The zero-order valence-electron chi connectivity index (χ0n) is 10.8. The molecular weight excluding hydrogens is 389 g/mol. The molecule has 0 fully saturated rings. The van der Waals surface area contributed by atoms with Gasteiger partial charge < -0.3 is 4.55 Å². The van der Waals surface area contributed by atoms with Crippen LogP contribution >= 0.6 is 0 Å². The number of aromatic amines is 1. The van der Waals surface area contributed by atoms with Gasteiger partial charge in [0, 0.05) is 12.1 Å². The number of hydrogen-bond acceptors (Lipinski definition) is 4. The first-order chi connectivity index (χ1) is 10.5. The number of rotatable bonds is 4. The smallest absolute Gasteiger partial charge is 0.483 e. The summed E-state index contributed by atoms with van der Waals surface area (Å²) in [6, 6.07) is 5.86. The molecule has 1 heterocycles. The van der Waals surface area contributed by atoms with Gasteiger partial charge in [0.25, 0.3) is 0 Å². The summed E-state index contributed by atoms with van der Waals surface area (Å²) >= 11 is 0. The van der Waals surface area contributed by atoms with Crippen molar-refractivity contribution in [3.8, 4) is 0 Å². The fourth-order valence-electron chi connectivity index (χ4n) is 0.766. The second kappa shape index (κ2) is 7.10. The maximum atomic E-state index is 12.2. The van der Waals surface area contributed by atoms with Crippen molar-refractivity contribution in [3.63, 3.8) is 0 Å². The van der Waals surface area contributed by atoms with Crippen LogP contribution in [-0.4, -0.2) is 36.6 Å². The third kappa shape index (κ3) is 5.48. The lowest BCUT2D eigenvalue weighted by Crippen LogP contribution is -2.54. The van der Waals surface area contributed by atoms with Gasteiger partial charge in [0.1, 0.15) is 0 Å². The van der Waals surface area contributed by atoms with Crippen molar-refractivity contribution in [2.24, 2.45) is 0 Å². The van der Waals surface area contributed by atoms with E-state index in [-0.39, 0.29) is 0 Å². The molecule has 0 unspecified atom stereocenters. The lowest BCUT2D eigenvalue weighted by Gasteiger charge is -2.31. The fourth-order valence-corrected chi connectivity index (χ4v) is 1.10. The van der Waals surface area contributed by atoms with Gasteiger partial charge in [0.15, 0.2) is 22.5 Å². The van der Waals surface area contributed by atoms with E-state index in [1.54, 1.807) is 0 Å². The first-order valence-corrected chi connectivity index (χ1v) is 6.63. The highest BCUT2D eigenvalue weighted by atomic mass is 32.2. The second-order valence-electron chi connectivity index (χ2n) is 3.68. The minimum absolute atomic E-state index is 1.46. The van der Waals surface area contributed by atoms with Gasteiger partial charge in [0.05, 0.1) is 0 Å². The van der Waals surface area contributed by atoms with Gasteiger partial charge in [0.2, 0.25) is 0 Å². The SMILES string of the molecule is O=S(=O)([O-])C(F)(F)C(F)(F)OC(F)(F)C(F)(F)F.c1cc[nH+]cc1. The Hall–Kier alpha value is -1.61. The minimum atomic E-state index is -7.24. The standard InChI is InChI=1S/C5H5N.C4HF9O4S/c1-2-4-6-5-3-1;5-1(6,7)2(8,9)17-3(10,11)4(12,13)18(14,15)16/h1-5H;(H,14,15,16). The summed E-state index contributed by atoms with van der Waals surface area (Å²) in [7, 11) is -7.24. The number of hydrogen-bond donors (Lipinski definition) is 0. The van der Waals surface area contributed by atoms with Gasteiger partial charge in [-0.05, 0) is 0 Å². The Morgan fingerprint density at radius 1 is 0.792 bits per heavy atom. The van der Waals surface area contributed by atoms with Gasteiger partial charge in [-0.15, -0.1) is 0 Å². The maximum Gasteiger partial charge on any atom is 0.483 e. The Kier molecular flexibility index (Phi) is 6.62. The zero-order valence-corrected chi connectivity index (χ0v) is 11.6. The van der Waals surface area contributed by atoms with E-state index in [0.29, 0.717) is 0 Å². The van der Waals surface area contributed by atoms with Crippen LogP contribution in [0.25, 0.3) is 0 Å². The molecule has 5 nitrogen and oxygen atoms in total. The molecule has 0 aromatic carbocycles. The molecule has 0 bridgehead atoms. The molecule has 0 aliphatic carbocycles. The topological polar surface area (TPSA) is 80.6 Å². The number of pyridine rings is 1. The molecule has 15 heteroatoms. The maximum absolute atomic E-state index is 12.2. The number of H-pyrrole nitrogens is 1. The van der Waals surface area contributed by atoms with Crippen LogP contribution in [0, 0.1) is 0 Å². The molecule has 140 valence electrons. The Morgan fingerprint density at radius 3 is 1.42 bits per heavy atom. The van der Waals surface area contributed by atoms with E-state index < -0.39 is 33.8 Å². The highest BCUT2D eigenvalue weighted by Crippen LogP contribution is 2.46. The Labute approximate surface area is 127 Å².